The van der Waals surface area contributed by atoms with E-state index in [1.807, 2.05) is 19.1 Å². The van der Waals surface area contributed by atoms with E-state index in [1.54, 1.807) is 42.5 Å². The summed E-state index contributed by atoms with van der Waals surface area (Å²) >= 11 is 0. The minimum atomic E-state index is -3.61. The Labute approximate surface area is 218 Å². The van der Waals surface area contributed by atoms with Crippen LogP contribution in [0, 0.1) is 0 Å². The minimum Gasteiger partial charge on any atom is -0.434 e. The lowest BCUT2D eigenvalue weighted by atomic mass is 9.95. The molecule has 0 unspecified atom stereocenters. The number of rotatable bonds is 12. The van der Waals surface area contributed by atoms with Gasteiger partial charge in [-0.05, 0) is 37.0 Å². The Hall–Kier alpha value is -3.04. The molecule has 1 aromatic heterocycles. The van der Waals surface area contributed by atoms with Crippen LogP contribution in [0.3, 0.4) is 0 Å². The van der Waals surface area contributed by atoms with E-state index in [4.69, 9.17) is 4.42 Å². The van der Waals surface area contributed by atoms with Gasteiger partial charge in [-0.2, -0.15) is 0 Å². The number of benzene rings is 2. The van der Waals surface area contributed by atoms with Gasteiger partial charge in [-0.1, -0.05) is 75.1 Å². The summed E-state index contributed by atoms with van der Waals surface area (Å²) in [6.45, 7) is 1.92. The second-order valence-corrected chi connectivity index (χ2v) is 11.9. The van der Waals surface area contributed by atoms with Gasteiger partial charge in [0.1, 0.15) is 11.6 Å². The number of nitrogens with zero attached hydrogens (tertiary/aromatic N) is 1. The predicted molar refractivity (Wildman–Crippen MR) is 143 cm³/mol. The first kappa shape index (κ1) is 27.0. The summed E-state index contributed by atoms with van der Waals surface area (Å²) in [5.41, 5.74) is 1.74. The fourth-order valence-corrected chi connectivity index (χ4v) is 6.42. The van der Waals surface area contributed by atoms with Crippen molar-refractivity contribution in [1.29, 1.82) is 0 Å². The van der Waals surface area contributed by atoms with Crippen LogP contribution in [0.15, 0.2) is 59.0 Å². The van der Waals surface area contributed by atoms with Crippen LogP contribution in [0.4, 0.5) is 0 Å². The van der Waals surface area contributed by atoms with E-state index in [2.05, 4.69) is 15.6 Å². The van der Waals surface area contributed by atoms with Crippen molar-refractivity contribution in [3.8, 4) is 0 Å². The predicted octanol–water partition coefficient (Wildman–Crippen LogP) is 4.20. The van der Waals surface area contributed by atoms with Gasteiger partial charge in [0.25, 0.3) is 5.89 Å². The highest BCUT2D eigenvalue weighted by molar-refractivity contribution is 7.90. The third-order valence-corrected chi connectivity index (χ3v) is 8.34. The number of para-hydroxylation sites is 2. The summed E-state index contributed by atoms with van der Waals surface area (Å²) in [6.07, 6.45) is 6.03. The first-order valence-electron chi connectivity index (χ1n) is 13.0. The summed E-state index contributed by atoms with van der Waals surface area (Å²) in [4.78, 5) is 31.1. The highest BCUT2D eigenvalue weighted by Crippen LogP contribution is 2.20. The van der Waals surface area contributed by atoms with E-state index < -0.39 is 33.6 Å². The number of oxazole rings is 1. The zero-order valence-electron chi connectivity index (χ0n) is 21.2. The SMILES string of the molecule is CCC[C@@H](NC(=O)[C@H](CS(=O)(=O)Cc1ccccc1)NC1CCCCC1)C(=O)c1nc2ccccc2o1. The zero-order chi connectivity index (χ0) is 26.3. The Morgan fingerprint density at radius 3 is 2.41 bits per heavy atom. The number of sulfone groups is 1. The molecular weight excluding hydrogens is 490 g/mol. The molecule has 0 bridgehead atoms. The molecule has 37 heavy (non-hydrogen) atoms. The van der Waals surface area contributed by atoms with Gasteiger partial charge in [-0.25, -0.2) is 13.4 Å². The molecule has 0 radical (unpaired) electrons. The first-order chi connectivity index (χ1) is 17.8. The number of hydrogen-bond acceptors (Lipinski definition) is 7. The average Bonchev–Trinajstić information content (AvgIpc) is 3.33. The van der Waals surface area contributed by atoms with E-state index in [0.717, 1.165) is 32.1 Å². The van der Waals surface area contributed by atoms with Crippen LogP contribution in [0.1, 0.15) is 68.1 Å². The van der Waals surface area contributed by atoms with Crippen molar-refractivity contribution in [3.63, 3.8) is 0 Å². The number of hydrogen-bond donors (Lipinski definition) is 2. The first-order valence-corrected chi connectivity index (χ1v) is 14.9. The van der Waals surface area contributed by atoms with Gasteiger partial charge in [0.05, 0.1) is 17.5 Å². The Kier molecular flexibility index (Phi) is 9.10. The van der Waals surface area contributed by atoms with Crippen molar-refractivity contribution in [2.24, 2.45) is 0 Å². The normalized spacial score (nSPS) is 16.4. The molecule has 1 amide bonds. The Balaban J connectivity index is 1.51. The summed E-state index contributed by atoms with van der Waals surface area (Å²) in [7, 11) is -3.61. The molecule has 1 aliphatic carbocycles. The topological polar surface area (TPSA) is 118 Å². The summed E-state index contributed by atoms with van der Waals surface area (Å²) in [5, 5.41) is 6.12. The lowest BCUT2D eigenvalue weighted by Crippen LogP contribution is -2.55. The number of aromatic nitrogens is 1. The molecule has 0 spiro atoms. The Bertz CT molecular complexity index is 1270. The van der Waals surface area contributed by atoms with Crippen LogP contribution >= 0.6 is 0 Å². The van der Waals surface area contributed by atoms with Gasteiger partial charge >= 0.3 is 0 Å². The molecule has 2 aromatic carbocycles. The standard InChI is InChI=1S/C28H35N3O5S/c1-2-11-23(26(32)28-31-22-16-9-10-17-25(22)36-28)30-27(33)24(29-21-14-7-4-8-15-21)19-37(34,35)18-20-12-5-3-6-13-20/h3,5-6,9-10,12-13,16-17,21,23-24,29H,2,4,7-8,11,14-15,18-19H2,1H3,(H,30,33)/t23-,24+/m1/s1. The molecular formula is C28H35N3O5S. The van der Waals surface area contributed by atoms with Crippen molar-refractivity contribution >= 4 is 32.6 Å². The van der Waals surface area contributed by atoms with E-state index in [1.165, 1.54) is 0 Å². The maximum absolute atomic E-state index is 13.5. The number of nitrogens with one attached hydrogen (secondary N) is 2. The van der Waals surface area contributed by atoms with Crippen molar-refractivity contribution in [2.45, 2.75) is 75.7 Å². The highest BCUT2D eigenvalue weighted by Gasteiger charge is 2.32. The van der Waals surface area contributed by atoms with Crippen molar-refractivity contribution in [2.75, 3.05) is 5.75 Å². The van der Waals surface area contributed by atoms with Crippen LogP contribution in [0.25, 0.3) is 11.1 Å². The molecule has 0 aliphatic heterocycles. The monoisotopic (exact) mass is 525 g/mol. The molecule has 1 fully saturated rings. The molecule has 1 saturated carbocycles. The molecule has 1 heterocycles. The molecule has 1 aliphatic rings. The van der Waals surface area contributed by atoms with Crippen LogP contribution in [0.2, 0.25) is 0 Å². The number of carbonyl (C=O) groups excluding carboxylic acids is 2. The lowest BCUT2D eigenvalue weighted by Gasteiger charge is -2.29. The fraction of sp³-hybridized carbons (Fsp3) is 0.464. The number of ketones is 1. The van der Waals surface area contributed by atoms with Crippen LogP contribution < -0.4 is 10.6 Å². The van der Waals surface area contributed by atoms with Crippen molar-refractivity contribution < 1.29 is 22.4 Å². The van der Waals surface area contributed by atoms with Gasteiger partial charge in [0, 0.05) is 6.04 Å². The van der Waals surface area contributed by atoms with Crippen LogP contribution in [-0.4, -0.2) is 49.0 Å². The Morgan fingerprint density at radius 1 is 1.00 bits per heavy atom. The second kappa shape index (κ2) is 12.5. The molecule has 2 N–H and O–H groups in total. The number of carbonyl (C=O) groups is 2. The van der Waals surface area contributed by atoms with Crippen molar-refractivity contribution in [3.05, 3.63) is 66.1 Å². The zero-order valence-corrected chi connectivity index (χ0v) is 22.0. The molecule has 0 saturated heterocycles. The second-order valence-electron chi connectivity index (χ2n) is 9.80. The van der Waals surface area contributed by atoms with E-state index in [0.29, 0.717) is 29.5 Å². The van der Waals surface area contributed by atoms with Gasteiger partial charge in [-0.3, -0.25) is 9.59 Å². The molecule has 8 nitrogen and oxygen atoms in total. The molecule has 3 aromatic rings. The minimum absolute atomic E-state index is 0.0616. The maximum atomic E-state index is 13.5. The summed E-state index contributed by atoms with van der Waals surface area (Å²) < 4.78 is 31.9. The molecule has 9 heteroatoms. The average molecular weight is 526 g/mol. The molecule has 198 valence electrons. The quantitative estimate of drug-likeness (QED) is 0.340. The van der Waals surface area contributed by atoms with Crippen LogP contribution in [-0.2, 0) is 20.4 Å². The number of fused-ring (bicyclic) bond motifs is 1. The maximum Gasteiger partial charge on any atom is 0.266 e. The molecule has 4 rings (SSSR count). The van der Waals surface area contributed by atoms with E-state index in [9.17, 15) is 18.0 Å². The highest BCUT2D eigenvalue weighted by atomic mass is 32.2. The third kappa shape index (κ3) is 7.49. The number of Topliss-reactive ketones (excluding diaryl/α,β-unsaturated/α-hetero) is 1. The smallest absolute Gasteiger partial charge is 0.266 e. The van der Waals surface area contributed by atoms with E-state index in [-0.39, 0.29) is 23.4 Å². The summed E-state index contributed by atoms with van der Waals surface area (Å²) in [6, 6.07) is 14.3. The van der Waals surface area contributed by atoms with Crippen molar-refractivity contribution in [1.82, 2.24) is 15.6 Å². The lowest BCUT2D eigenvalue weighted by molar-refractivity contribution is -0.123. The van der Waals surface area contributed by atoms with Gasteiger partial charge in [0.15, 0.2) is 15.4 Å². The van der Waals surface area contributed by atoms with Gasteiger partial charge < -0.3 is 15.1 Å². The van der Waals surface area contributed by atoms with Crippen LogP contribution in [0.5, 0.6) is 0 Å². The summed E-state index contributed by atoms with van der Waals surface area (Å²) in [5.74, 6) is -1.47. The van der Waals surface area contributed by atoms with E-state index >= 15 is 0 Å². The largest absolute Gasteiger partial charge is 0.434 e. The van der Waals surface area contributed by atoms with Gasteiger partial charge in [-0.15, -0.1) is 0 Å². The third-order valence-electron chi connectivity index (χ3n) is 6.72. The fourth-order valence-electron chi connectivity index (χ4n) is 4.85. The Morgan fingerprint density at radius 2 is 1.70 bits per heavy atom. The van der Waals surface area contributed by atoms with Gasteiger partial charge in [0.2, 0.25) is 11.7 Å². The number of amides is 1. The molecule has 2 atom stereocenters.